The van der Waals surface area contributed by atoms with Gasteiger partial charge in [-0.15, -0.1) is 0 Å². The predicted molar refractivity (Wildman–Crippen MR) is 119 cm³/mol. The van der Waals surface area contributed by atoms with Crippen LogP contribution in [0.5, 0.6) is 11.5 Å². The van der Waals surface area contributed by atoms with Crippen molar-refractivity contribution in [3.63, 3.8) is 0 Å². The first kappa shape index (κ1) is 21.2. The lowest BCUT2D eigenvalue weighted by Gasteiger charge is -2.24. The van der Waals surface area contributed by atoms with E-state index in [4.69, 9.17) is 21.1 Å². The van der Waals surface area contributed by atoms with Gasteiger partial charge in [-0.25, -0.2) is 13.8 Å². The number of hydrogen-bond acceptors (Lipinski definition) is 4. The van der Waals surface area contributed by atoms with E-state index in [1.807, 2.05) is 6.07 Å². The van der Waals surface area contributed by atoms with Crippen LogP contribution in [-0.4, -0.2) is 22.6 Å². The largest absolute Gasteiger partial charge is 0.454 e. The Morgan fingerprint density at radius 1 is 0.970 bits per heavy atom. The van der Waals surface area contributed by atoms with Crippen LogP contribution in [0.1, 0.15) is 21.5 Å². The molecule has 0 aliphatic carbocycles. The molecule has 0 N–H and O–H groups in total. The molecule has 0 spiro atoms. The molecular formula is C25H17ClF2N2O3. The minimum Gasteiger partial charge on any atom is -0.454 e. The zero-order valence-corrected chi connectivity index (χ0v) is 18.0. The summed E-state index contributed by atoms with van der Waals surface area (Å²) in [5.41, 5.74) is 1.83. The molecule has 5 nitrogen and oxygen atoms in total. The molecule has 0 unspecified atom stereocenters. The molecule has 0 bridgehead atoms. The molecule has 3 aromatic carbocycles. The number of pyridine rings is 1. The molecule has 1 aliphatic rings. The quantitative estimate of drug-likeness (QED) is 0.352. The predicted octanol–water partition coefficient (Wildman–Crippen LogP) is 5.74. The Kier molecular flexibility index (Phi) is 5.56. The van der Waals surface area contributed by atoms with Gasteiger partial charge in [-0.1, -0.05) is 35.9 Å². The van der Waals surface area contributed by atoms with E-state index in [1.54, 1.807) is 30.3 Å². The number of benzene rings is 3. The summed E-state index contributed by atoms with van der Waals surface area (Å²) in [6.07, 6.45) is 0. The lowest BCUT2D eigenvalue weighted by molar-refractivity contribution is 0.0725. The van der Waals surface area contributed by atoms with Gasteiger partial charge in [0.1, 0.15) is 16.8 Å². The molecule has 2 heterocycles. The van der Waals surface area contributed by atoms with Gasteiger partial charge in [-0.2, -0.15) is 0 Å². The normalized spacial score (nSPS) is 12.2. The molecule has 0 fully saturated rings. The molecule has 0 atom stereocenters. The van der Waals surface area contributed by atoms with E-state index in [-0.39, 0.29) is 36.4 Å². The fourth-order valence-corrected chi connectivity index (χ4v) is 3.92. The highest BCUT2D eigenvalue weighted by Gasteiger charge is 2.22. The van der Waals surface area contributed by atoms with Crippen molar-refractivity contribution in [3.8, 4) is 11.5 Å². The van der Waals surface area contributed by atoms with E-state index in [0.29, 0.717) is 28.1 Å². The Hall–Kier alpha value is -3.71. The number of ether oxygens (including phenoxy) is 2. The summed E-state index contributed by atoms with van der Waals surface area (Å²) in [4.78, 5) is 19.2. The van der Waals surface area contributed by atoms with Gasteiger partial charge in [0.05, 0.1) is 11.1 Å². The summed E-state index contributed by atoms with van der Waals surface area (Å²) < 4.78 is 38.6. The number of fused-ring (bicyclic) bond motifs is 2. The summed E-state index contributed by atoms with van der Waals surface area (Å²) in [5.74, 6) is -0.331. The van der Waals surface area contributed by atoms with Gasteiger partial charge >= 0.3 is 0 Å². The van der Waals surface area contributed by atoms with E-state index in [1.165, 1.54) is 35.2 Å². The Morgan fingerprint density at radius 3 is 2.45 bits per heavy atom. The zero-order chi connectivity index (χ0) is 22.9. The van der Waals surface area contributed by atoms with E-state index in [2.05, 4.69) is 4.98 Å². The monoisotopic (exact) mass is 466 g/mol. The van der Waals surface area contributed by atoms with Crippen molar-refractivity contribution in [1.82, 2.24) is 9.88 Å². The summed E-state index contributed by atoms with van der Waals surface area (Å²) in [6.45, 7) is 0.332. The number of carbonyl (C=O) groups excluding carboxylic acids is 1. The van der Waals surface area contributed by atoms with E-state index < -0.39 is 11.7 Å². The third-order valence-electron chi connectivity index (χ3n) is 5.37. The van der Waals surface area contributed by atoms with Crippen molar-refractivity contribution in [2.75, 3.05) is 6.79 Å². The number of aromatic nitrogens is 1. The van der Waals surface area contributed by atoms with E-state index in [9.17, 15) is 13.6 Å². The average molecular weight is 467 g/mol. The maximum atomic E-state index is 14.4. The Morgan fingerprint density at radius 2 is 1.70 bits per heavy atom. The molecule has 1 amide bonds. The number of nitrogens with zero attached hydrogens (tertiary/aromatic N) is 2. The van der Waals surface area contributed by atoms with Gasteiger partial charge in [0.15, 0.2) is 11.5 Å². The third-order valence-corrected chi connectivity index (χ3v) is 5.70. The summed E-state index contributed by atoms with van der Waals surface area (Å²) in [7, 11) is 0. The van der Waals surface area contributed by atoms with Crippen LogP contribution < -0.4 is 9.47 Å². The maximum absolute atomic E-state index is 14.4. The molecule has 0 saturated heterocycles. The number of carbonyl (C=O) groups is 1. The molecule has 33 heavy (non-hydrogen) atoms. The highest BCUT2D eigenvalue weighted by atomic mass is 35.5. The van der Waals surface area contributed by atoms with Crippen LogP contribution in [0.25, 0.3) is 10.9 Å². The summed E-state index contributed by atoms with van der Waals surface area (Å²) in [6, 6.07) is 16.9. The Balaban J connectivity index is 1.52. The van der Waals surface area contributed by atoms with Crippen molar-refractivity contribution in [1.29, 1.82) is 0 Å². The smallest absolute Gasteiger partial charge is 0.257 e. The maximum Gasteiger partial charge on any atom is 0.257 e. The van der Waals surface area contributed by atoms with Gasteiger partial charge < -0.3 is 14.4 Å². The lowest BCUT2D eigenvalue weighted by Crippen LogP contribution is -2.31. The van der Waals surface area contributed by atoms with Crippen LogP contribution in [0, 0.1) is 11.6 Å². The summed E-state index contributed by atoms with van der Waals surface area (Å²) >= 11 is 6.46. The fourth-order valence-electron chi connectivity index (χ4n) is 3.72. The van der Waals surface area contributed by atoms with Gasteiger partial charge in [0, 0.05) is 30.1 Å². The van der Waals surface area contributed by atoms with Gasteiger partial charge in [0.25, 0.3) is 5.91 Å². The van der Waals surface area contributed by atoms with Crippen molar-refractivity contribution < 1.29 is 23.0 Å². The Labute approximate surface area is 193 Å². The fraction of sp³-hybridized carbons (Fsp3) is 0.120. The second kappa shape index (κ2) is 8.67. The van der Waals surface area contributed by atoms with Crippen molar-refractivity contribution >= 4 is 28.4 Å². The molecule has 0 radical (unpaired) electrons. The second-order valence-corrected chi connectivity index (χ2v) is 7.96. The third kappa shape index (κ3) is 4.32. The van der Waals surface area contributed by atoms with Crippen molar-refractivity contribution in [3.05, 3.63) is 100 Å². The molecule has 4 aromatic rings. The van der Waals surface area contributed by atoms with E-state index in [0.717, 1.165) is 5.39 Å². The van der Waals surface area contributed by atoms with Crippen LogP contribution >= 0.6 is 11.6 Å². The van der Waals surface area contributed by atoms with Crippen LogP contribution in [0.2, 0.25) is 5.15 Å². The number of halogens is 3. The highest BCUT2D eigenvalue weighted by Crippen LogP contribution is 2.36. The van der Waals surface area contributed by atoms with Crippen LogP contribution in [0.4, 0.5) is 8.78 Å². The van der Waals surface area contributed by atoms with Crippen LogP contribution in [-0.2, 0) is 13.1 Å². The minimum absolute atomic E-state index is 0.0622. The molecule has 166 valence electrons. The van der Waals surface area contributed by atoms with Gasteiger partial charge in [0.2, 0.25) is 6.79 Å². The van der Waals surface area contributed by atoms with Crippen molar-refractivity contribution in [2.45, 2.75) is 13.1 Å². The zero-order valence-electron chi connectivity index (χ0n) is 17.2. The highest BCUT2D eigenvalue weighted by molar-refractivity contribution is 6.30. The first-order valence-electron chi connectivity index (χ1n) is 10.1. The van der Waals surface area contributed by atoms with Gasteiger partial charge in [-0.3, -0.25) is 4.79 Å². The van der Waals surface area contributed by atoms with Crippen LogP contribution in [0.15, 0.2) is 66.7 Å². The molecule has 0 saturated carbocycles. The molecule has 1 aromatic heterocycles. The first-order chi connectivity index (χ1) is 16.0. The number of hydrogen-bond donors (Lipinski definition) is 0. The lowest BCUT2D eigenvalue weighted by atomic mass is 10.1. The molecular weight excluding hydrogens is 450 g/mol. The minimum atomic E-state index is -0.623. The SMILES string of the molecule is O=C(c1ccccc1F)N(Cc1ccc(F)cc1)Cc1cc2cc3c(cc2nc1Cl)OCO3. The van der Waals surface area contributed by atoms with Crippen molar-refractivity contribution in [2.24, 2.45) is 0 Å². The average Bonchev–Trinajstić information content (AvgIpc) is 3.26. The van der Waals surface area contributed by atoms with E-state index >= 15 is 0 Å². The summed E-state index contributed by atoms with van der Waals surface area (Å²) in [5, 5.41) is 0.977. The topological polar surface area (TPSA) is 51.7 Å². The Bertz CT molecular complexity index is 1360. The molecule has 8 heteroatoms. The first-order valence-corrected chi connectivity index (χ1v) is 10.5. The standard InChI is InChI=1S/C25H17ClF2N2O3/c26-24-17(9-16-10-22-23(33-14-32-22)11-21(16)29-24)13-30(12-15-5-7-18(27)8-6-15)25(31)19-3-1-2-4-20(19)28/h1-11H,12-14H2. The number of amides is 1. The molecule has 5 rings (SSSR count). The number of rotatable bonds is 5. The second-order valence-electron chi connectivity index (χ2n) is 7.60. The molecule has 1 aliphatic heterocycles. The van der Waals surface area contributed by atoms with Gasteiger partial charge in [-0.05, 0) is 42.0 Å². The van der Waals surface area contributed by atoms with Crippen LogP contribution in [0.3, 0.4) is 0 Å².